The summed E-state index contributed by atoms with van der Waals surface area (Å²) in [7, 11) is 0. The number of carbonyl (C=O) groups excluding carboxylic acids is 1. The monoisotopic (exact) mass is 405 g/mol. The summed E-state index contributed by atoms with van der Waals surface area (Å²) in [5, 5.41) is 1.57. The number of hydrogen-bond donors (Lipinski definition) is 0. The summed E-state index contributed by atoms with van der Waals surface area (Å²) in [5.41, 5.74) is 1.17. The van der Waals surface area contributed by atoms with Gasteiger partial charge in [-0.1, -0.05) is 11.6 Å². The molecule has 1 aliphatic rings. The lowest BCUT2D eigenvalue weighted by Gasteiger charge is -2.24. The van der Waals surface area contributed by atoms with E-state index in [1.807, 2.05) is 39.0 Å². The summed E-state index contributed by atoms with van der Waals surface area (Å²) < 4.78 is 11.3. The fourth-order valence-electron chi connectivity index (χ4n) is 3.21. The Morgan fingerprint density at radius 1 is 1.36 bits per heavy atom. The number of likely N-dealkylation sites (tertiary alicyclic amines) is 1. The van der Waals surface area contributed by atoms with Gasteiger partial charge in [0.05, 0.1) is 17.7 Å². The Morgan fingerprint density at radius 3 is 2.96 bits per heavy atom. The van der Waals surface area contributed by atoms with Gasteiger partial charge in [0.1, 0.15) is 5.60 Å². The molecule has 0 saturated carbocycles. The third kappa shape index (κ3) is 5.79. The lowest BCUT2D eigenvalue weighted by molar-refractivity contribution is 0.0207. The standard InChI is InChI=1S/C21H28ClN3O3/c1-21(2,3)28-20(26)25-11-9-16(14-25)27-12-5-4-7-15-13-18(22)17-8-6-10-23-19(17)24-15/h6,8,10,13,16H,4-5,7,9,11-12,14H2,1-3H3. The predicted molar refractivity (Wildman–Crippen MR) is 110 cm³/mol. The normalized spacial score (nSPS) is 17.3. The van der Waals surface area contributed by atoms with E-state index in [4.69, 9.17) is 21.1 Å². The van der Waals surface area contributed by atoms with Crippen molar-refractivity contribution >= 4 is 28.7 Å². The minimum atomic E-state index is -0.467. The quantitative estimate of drug-likeness (QED) is 0.655. The van der Waals surface area contributed by atoms with E-state index in [1.54, 1.807) is 11.1 Å². The number of amides is 1. The van der Waals surface area contributed by atoms with E-state index in [9.17, 15) is 4.79 Å². The molecule has 2 aromatic rings. The average molecular weight is 406 g/mol. The average Bonchev–Trinajstić information content (AvgIpc) is 3.09. The Morgan fingerprint density at radius 2 is 2.18 bits per heavy atom. The second kappa shape index (κ2) is 9.05. The van der Waals surface area contributed by atoms with Gasteiger partial charge in [-0.15, -0.1) is 0 Å². The van der Waals surface area contributed by atoms with Crippen LogP contribution in [0.4, 0.5) is 4.79 Å². The van der Waals surface area contributed by atoms with Crippen LogP contribution in [0.3, 0.4) is 0 Å². The maximum Gasteiger partial charge on any atom is 0.410 e. The van der Waals surface area contributed by atoms with Gasteiger partial charge in [-0.05, 0) is 64.7 Å². The van der Waals surface area contributed by atoms with E-state index in [1.165, 1.54) is 0 Å². The van der Waals surface area contributed by atoms with Gasteiger partial charge in [0, 0.05) is 30.4 Å². The van der Waals surface area contributed by atoms with Crippen LogP contribution >= 0.6 is 11.6 Å². The summed E-state index contributed by atoms with van der Waals surface area (Å²) in [6.07, 6.45) is 5.14. The third-order valence-corrected chi connectivity index (χ3v) is 4.88. The molecule has 28 heavy (non-hydrogen) atoms. The highest BCUT2D eigenvalue weighted by atomic mass is 35.5. The lowest BCUT2D eigenvalue weighted by atomic mass is 10.1. The van der Waals surface area contributed by atoms with Gasteiger partial charge < -0.3 is 14.4 Å². The number of rotatable bonds is 6. The van der Waals surface area contributed by atoms with Crippen LogP contribution in [0.2, 0.25) is 5.02 Å². The molecular weight excluding hydrogens is 378 g/mol. The van der Waals surface area contributed by atoms with Crippen molar-refractivity contribution in [1.82, 2.24) is 14.9 Å². The van der Waals surface area contributed by atoms with Crippen molar-refractivity contribution in [3.05, 3.63) is 35.1 Å². The van der Waals surface area contributed by atoms with Crippen molar-refractivity contribution < 1.29 is 14.3 Å². The maximum absolute atomic E-state index is 12.1. The first-order valence-electron chi connectivity index (χ1n) is 9.81. The molecule has 3 heterocycles. The highest BCUT2D eigenvalue weighted by Gasteiger charge is 2.30. The molecule has 1 saturated heterocycles. The van der Waals surface area contributed by atoms with Gasteiger partial charge in [-0.2, -0.15) is 0 Å². The number of nitrogens with zero attached hydrogens (tertiary/aromatic N) is 3. The minimum absolute atomic E-state index is 0.0879. The third-order valence-electron chi connectivity index (χ3n) is 4.56. The fraction of sp³-hybridized carbons (Fsp3) is 0.571. The Balaban J connectivity index is 1.37. The number of pyridine rings is 2. The van der Waals surface area contributed by atoms with E-state index < -0.39 is 5.60 Å². The van der Waals surface area contributed by atoms with Gasteiger partial charge in [-0.25, -0.2) is 14.8 Å². The maximum atomic E-state index is 12.1. The van der Waals surface area contributed by atoms with Gasteiger partial charge in [0.15, 0.2) is 5.65 Å². The molecule has 1 atom stereocenters. The van der Waals surface area contributed by atoms with Gasteiger partial charge in [-0.3, -0.25) is 0 Å². The smallest absolute Gasteiger partial charge is 0.410 e. The van der Waals surface area contributed by atoms with Crippen molar-refractivity contribution in [3.8, 4) is 0 Å². The van der Waals surface area contributed by atoms with Gasteiger partial charge in [0.2, 0.25) is 0 Å². The molecule has 152 valence electrons. The van der Waals surface area contributed by atoms with E-state index in [-0.39, 0.29) is 12.2 Å². The number of aromatic nitrogens is 2. The molecule has 1 unspecified atom stereocenters. The molecule has 0 radical (unpaired) electrons. The zero-order valence-corrected chi connectivity index (χ0v) is 17.5. The molecule has 6 nitrogen and oxygen atoms in total. The number of aryl methyl sites for hydroxylation is 1. The molecule has 0 N–H and O–H groups in total. The molecule has 3 rings (SSSR count). The summed E-state index contributed by atoms with van der Waals surface area (Å²) in [4.78, 5) is 22.7. The molecule has 0 bridgehead atoms. The van der Waals surface area contributed by atoms with Crippen LogP contribution < -0.4 is 0 Å². The van der Waals surface area contributed by atoms with Crippen LogP contribution in [0.15, 0.2) is 24.4 Å². The van der Waals surface area contributed by atoms with Crippen molar-refractivity contribution in [2.24, 2.45) is 0 Å². The predicted octanol–water partition coefficient (Wildman–Crippen LogP) is 4.63. The molecule has 0 spiro atoms. The number of fused-ring (bicyclic) bond motifs is 1. The van der Waals surface area contributed by atoms with Crippen molar-refractivity contribution in [2.45, 2.75) is 58.2 Å². The van der Waals surface area contributed by atoms with Crippen LogP contribution in [-0.2, 0) is 15.9 Å². The lowest BCUT2D eigenvalue weighted by Crippen LogP contribution is -2.36. The zero-order chi connectivity index (χ0) is 20.1. The van der Waals surface area contributed by atoms with E-state index in [0.717, 1.165) is 36.8 Å². The van der Waals surface area contributed by atoms with E-state index in [0.29, 0.717) is 30.4 Å². The van der Waals surface area contributed by atoms with Crippen LogP contribution in [0.25, 0.3) is 11.0 Å². The Bertz CT molecular complexity index is 822. The summed E-state index contributed by atoms with van der Waals surface area (Å²) >= 11 is 6.32. The molecule has 1 fully saturated rings. The molecule has 1 aliphatic heterocycles. The molecule has 2 aromatic heterocycles. The van der Waals surface area contributed by atoms with Crippen molar-refractivity contribution in [1.29, 1.82) is 0 Å². The Kier molecular flexibility index (Phi) is 6.73. The second-order valence-electron chi connectivity index (χ2n) is 8.13. The van der Waals surface area contributed by atoms with Gasteiger partial charge in [0.25, 0.3) is 0 Å². The topological polar surface area (TPSA) is 64.5 Å². The Hall–Kier alpha value is -1.92. The first-order valence-corrected chi connectivity index (χ1v) is 10.2. The fourth-order valence-corrected chi connectivity index (χ4v) is 3.48. The molecule has 0 aromatic carbocycles. The van der Waals surface area contributed by atoms with E-state index in [2.05, 4.69) is 9.97 Å². The first kappa shape index (κ1) is 20.8. The van der Waals surface area contributed by atoms with Crippen LogP contribution in [-0.4, -0.2) is 52.4 Å². The number of hydrogen-bond acceptors (Lipinski definition) is 5. The Labute approximate surface area is 171 Å². The number of halogens is 1. The zero-order valence-electron chi connectivity index (χ0n) is 16.8. The SMILES string of the molecule is CC(C)(C)OC(=O)N1CCC(OCCCCc2cc(Cl)c3cccnc3n2)C1. The number of unbranched alkanes of at least 4 members (excludes halogenated alkanes) is 1. The summed E-state index contributed by atoms with van der Waals surface area (Å²) in [6.45, 7) is 7.59. The first-order chi connectivity index (χ1) is 13.3. The highest BCUT2D eigenvalue weighted by Crippen LogP contribution is 2.22. The van der Waals surface area contributed by atoms with Crippen LogP contribution in [0.5, 0.6) is 0 Å². The minimum Gasteiger partial charge on any atom is -0.444 e. The largest absolute Gasteiger partial charge is 0.444 e. The summed E-state index contributed by atoms with van der Waals surface area (Å²) in [5.74, 6) is 0. The van der Waals surface area contributed by atoms with E-state index >= 15 is 0 Å². The molecule has 7 heteroatoms. The molecular formula is C21H28ClN3O3. The highest BCUT2D eigenvalue weighted by molar-refractivity contribution is 6.35. The van der Waals surface area contributed by atoms with Gasteiger partial charge >= 0.3 is 6.09 Å². The van der Waals surface area contributed by atoms with Crippen LogP contribution in [0.1, 0.15) is 45.7 Å². The molecule has 0 aliphatic carbocycles. The number of carbonyl (C=O) groups is 1. The van der Waals surface area contributed by atoms with Crippen molar-refractivity contribution in [3.63, 3.8) is 0 Å². The second-order valence-corrected chi connectivity index (χ2v) is 8.54. The summed E-state index contributed by atoms with van der Waals surface area (Å²) in [6, 6.07) is 5.71. The van der Waals surface area contributed by atoms with Crippen molar-refractivity contribution in [2.75, 3.05) is 19.7 Å². The number of ether oxygens (including phenoxy) is 2. The van der Waals surface area contributed by atoms with Crippen LogP contribution in [0, 0.1) is 0 Å². The molecule has 1 amide bonds.